The summed E-state index contributed by atoms with van der Waals surface area (Å²) in [5.41, 5.74) is 0.908. The fraction of sp³-hybridized carbons (Fsp3) is 0.429. The molecule has 0 bridgehead atoms. The molecule has 0 aliphatic carbocycles. The summed E-state index contributed by atoms with van der Waals surface area (Å²) >= 11 is 4.95. The normalized spacial score (nSPS) is 11.9. The predicted octanol–water partition coefficient (Wildman–Crippen LogP) is 2.86. The third-order valence-electron chi connectivity index (χ3n) is 2.74. The van der Waals surface area contributed by atoms with Crippen LogP contribution in [0.4, 0.5) is 0 Å². The number of benzene rings is 1. The van der Waals surface area contributed by atoms with Gasteiger partial charge in [-0.05, 0) is 24.0 Å². The summed E-state index contributed by atoms with van der Waals surface area (Å²) in [5.74, 6) is -0.615. The first-order valence-corrected chi connectivity index (χ1v) is 8.36. The average molecular weight is 360 g/mol. The van der Waals surface area contributed by atoms with Crippen molar-refractivity contribution >= 4 is 39.6 Å². The Morgan fingerprint density at radius 1 is 1.45 bits per heavy atom. The molecule has 110 valence electrons. The molecule has 0 aliphatic heterocycles. The minimum Gasteiger partial charge on any atom is -0.480 e. The van der Waals surface area contributed by atoms with Gasteiger partial charge in [0.15, 0.2) is 0 Å². The van der Waals surface area contributed by atoms with Crippen molar-refractivity contribution in [2.45, 2.75) is 13.5 Å². The Morgan fingerprint density at radius 3 is 2.70 bits per heavy atom. The van der Waals surface area contributed by atoms with Crippen LogP contribution in [-0.4, -0.2) is 40.4 Å². The zero-order valence-corrected chi connectivity index (χ0v) is 13.9. The van der Waals surface area contributed by atoms with Crippen LogP contribution in [0.5, 0.6) is 0 Å². The number of carbonyl (C=O) groups excluding carboxylic acids is 1. The van der Waals surface area contributed by atoms with E-state index in [4.69, 9.17) is 5.11 Å². The number of hydrogen-bond donors (Lipinski definition) is 1. The van der Waals surface area contributed by atoms with Crippen molar-refractivity contribution < 1.29 is 14.7 Å². The van der Waals surface area contributed by atoms with Gasteiger partial charge in [0, 0.05) is 22.7 Å². The van der Waals surface area contributed by atoms with Crippen LogP contribution in [-0.2, 0) is 16.1 Å². The van der Waals surface area contributed by atoms with Crippen molar-refractivity contribution in [3.05, 3.63) is 34.3 Å². The van der Waals surface area contributed by atoms with Gasteiger partial charge in [-0.2, -0.15) is 11.8 Å². The number of amides is 1. The molecule has 1 N–H and O–H groups in total. The van der Waals surface area contributed by atoms with Gasteiger partial charge in [-0.15, -0.1) is 0 Å². The van der Waals surface area contributed by atoms with Gasteiger partial charge in [-0.25, -0.2) is 0 Å². The third kappa shape index (κ3) is 5.54. The van der Waals surface area contributed by atoms with Crippen molar-refractivity contribution in [3.8, 4) is 0 Å². The zero-order valence-electron chi connectivity index (χ0n) is 11.5. The lowest BCUT2D eigenvalue weighted by molar-refractivity contribution is -0.146. The Balaban J connectivity index is 2.83. The molecular formula is C14H18BrNO3S. The van der Waals surface area contributed by atoms with Gasteiger partial charge in [0.25, 0.3) is 0 Å². The maximum absolute atomic E-state index is 12.3. The van der Waals surface area contributed by atoms with E-state index < -0.39 is 5.97 Å². The summed E-state index contributed by atoms with van der Waals surface area (Å²) in [5, 5.41) is 8.97. The Hall–Kier alpha value is -1.01. The minimum atomic E-state index is -0.996. The summed E-state index contributed by atoms with van der Waals surface area (Å²) in [6.07, 6.45) is 1.93. The molecule has 1 amide bonds. The zero-order chi connectivity index (χ0) is 15.1. The molecule has 1 rings (SSSR count). The second-order valence-electron chi connectivity index (χ2n) is 4.57. The SMILES string of the molecule is CSCC(C)C(=O)N(CC(=O)O)Cc1cccc(Br)c1. The lowest BCUT2D eigenvalue weighted by atomic mass is 10.1. The van der Waals surface area contributed by atoms with Gasteiger partial charge in [0.05, 0.1) is 0 Å². The van der Waals surface area contributed by atoms with Crippen LogP contribution < -0.4 is 0 Å². The van der Waals surface area contributed by atoms with Crippen molar-refractivity contribution in [2.75, 3.05) is 18.6 Å². The lowest BCUT2D eigenvalue weighted by Crippen LogP contribution is -2.39. The van der Waals surface area contributed by atoms with Crippen molar-refractivity contribution in [3.63, 3.8) is 0 Å². The van der Waals surface area contributed by atoms with Crippen molar-refractivity contribution in [1.82, 2.24) is 4.90 Å². The number of carboxylic acid groups (broad SMARTS) is 1. The molecule has 1 aromatic carbocycles. The summed E-state index contributed by atoms with van der Waals surface area (Å²) in [7, 11) is 0. The van der Waals surface area contributed by atoms with E-state index >= 15 is 0 Å². The first-order chi connectivity index (χ1) is 9.43. The number of carboxylic acids is 1. The number of halogens is 1. The van der Waals surface area contributed by atoms with Crippen LogP contribution in [0.25, 0.3) is 0 Å². The lowest BCUT2D eigenvalue weighted by Gasteiger charge is -2.24. The quantitative estimate of drug-likeness (QED) is 0.813. The van der Waals surface area contributed by atoms with Crippen molar-refractivity contribution in [1.29, 1.82) is 0 Å². The van der Waals surface area contributed by atoms with E-state index in [0.29, 0.717) is 12.3 Å². The highest BCUT2D eigenvalue weighted by Gasteiger charge is 2.22. The molecule has 0 radical (unpaired) electrons. The highest BCUT2D eigenvalue weighted by atomic mass is 79.9. The smallest absolute Gasteiger partial charge is 0.323 e. The number of rotatable bonds is 7. The first-order valence-electron chi connectivity index (χ1n) is 6.18. The number of thioether (sulfide) groups is 1. The highest BCUT2D eigenvalue weighted by Crippen LogP contribution is 2.16. The van der Waals surface area contributed by atoms with Crippen molar-refractivity contribution in [2.24, 2.45) is 5.92 Å². The number of nitrogens with zero attached hydrogens (tertiary/aromatic N) is 1. The average Bonchev–Trinajstić information content (AvgIpc) is 2.37. The van der Waals surface area contributed by atoms with Gasteiger partial charge in [0.1, 0.15) is 6.54 Å². The molecular weight excluding hydrogens is 342 g/mol. The molecule has 20 heavy (non-hydrogen) atoms. The fourth-order valence-electron chi connectivity index (χ4n) is 1.86. The Morgan fingerprint density at radius 2 is 2.15 bits per heavy atom. The Kier molecular flexibility index (Phi) is 7.09. The van der Waals surface area contributed by atoms with E-state index in [0.717, 1.165) is 10.0 Å². The molecule has 6 heteroatoms. The molecule has 0 fully saturated rings. The van der Waals surface area contributed by atoms with E-state index in [2.05, 4.69) is 15.9 Å². The Bertz CT molecular complexity index is 481. The van der Waals surface area contributed by atoms with Crippen LogP contribution in [0.15, 0.2) is 28.7 Å². The summed E-state index contributed by atoms with van der Waals surface area (Å²) in [4.78, 5) is 24.6. The molecule has 0 saturated heterocycles. The van der Waals surface area contributed by atoms with Crippen LogP contribution >= 0.6 is 27.7 Å². The largest absolute Gasteiger partial charge is 0.480 e. The van der Waals surface area contributed by atoms with E-state index in [9.17, 15) is 9.59 Å². The summed E-state index contributed by atoms with van der Waals surface area (Å²) < 4.78 is 0.912. The van der Waals surface area contributed by atoms with Crippen LogP contribution in [0.1, 0.15) is 12.5 Å². The fourth-order valence-corrected chi connectivity index (χ4v) is 2.95. The highest BCUT2D eigenvalue weighted by molar-refractivity contribution is 9.10. The second-order valence-corrected chi connectivity index (χ2v) is 6.40. The summed E-state index contributed by atoms with van der Waals surface area (Å²) in [6.45, 7) is 1.86. The number of hydrogen-bond acceptors (Lipinski definition) is 3. The van der Waals surface area contributed by atoms with E-state index in [1.165, 1.54) is 4.90 Å². The molecule has 1 unspecified atom stereocenters. The molecule has 1 atom stereocenters. The van der Waals surface area contributed by atoms with Gasteiger partial charge < -0.3 is 10.0 Å². The number of aliphatic carboxylic acids is 1. The molecule has 4 nitrogen and oxygen atoms in total. The summed E-state index contributed by atoms with van der Waals surface area (Å²) in [6, 6.07) is 7.53. The molecule has 0 aromatic heterocycles. The van der Waals surface area contributed by atoms with Crippen LogP contribution in [0.2, 0.25) is 0 Å². The molecule has 0 saturated carbocycles. The third-order valence-corrected chi connectivity index (χ3v) is 4.07. The monoisotopic (exact) mass is 359 g/mol. The predicted molar refractivity (Wildman–Crippen MR) is 84.7 cm³/mol. The minimum absolute atomic E-state index is 0.123. The second kappa shape index (κ2) is 8.32. The van der Waals surface area contributed by atoms with Gasteiger partial charge >= 0.3 is 5.97 Å². The first kappa shape index (κ1) is 17.0. The van der Waals surface area contributed by atoms with E-state index in [-0.39, 0.29) is 18.4 Å². The van der Waals surface area contributed by atoms with E-state index in [1.807, 2.05) is 37.4 Å². The van der Waals surface area contributed by atoms with Gasteiger partial charge in [-0.3, -0.25) is 9.59 Å². The molecule has 0 heterocycles. The van der Waals surface area contributed by atoms with Gasteiger partial charge in [0.2, 0.25) is 5.91 Å². The maximum Gasteiger partial charge on any atom is 0.323 e. The number of carbonyl (C=O) groups is 2. The molecule has 0 spiro atoms. The maximum atomic E-state index is 12.3. The van der Waals surface area contributed by atoms with E-state index in [1.54, 1.807) is 11.8 Å². The standard InChI is InChI=1S/C14H18BrNO3S/c1-10(9-20-2)14(19)16(8-13(17)18)7-11-4-3-5-12(15)6-11/h3-6,10H,7-9H2,1-2H3,(H,17,18). The van der Waals surface area contributed by atoms with Crippen LogP contribution in [0.3, 0.4) is 0 Å². The van der Waals surface area contributed by atoms with Gasteiger partial charge in [-0.1, -0.05) is 35.0 Å². The molecule has 0 aliphatic rings. The van der Waals surface area contributed by atoms with Crippen LogP contribution in [0, 0.1) is 5.92 Å². The topological polar surface area (TPSA) is 57.6 Å². The Labute approximate surface area is 131 Å². The molecule has 1 aromatic rings.